The number of hydrogen-bond acceptors (Lipinski definition) is 3. The minimum atomic E-state index is -0.444. The van der Waals surface area contributed by atoms with Gasteiger partial charge in [-0.25, -0.2) is 0 Å². The molecule has 1 rings (SSSR count). The van der Waals surface area contributed by atoms with Gasteiger partial charge in [0.05, 0.1) is 6.10 Å². The molecule has 0 aliphatic heterocycles. The summed E-state index contributed by atoms with van der Waals surface area (Å²) in [5.41, 5.74) is 2.24. The van der Waals surface area contributed by atoms with Gasteiger partial charge in [-0.15, -0.1) is 0 Å². The lowest BCUT2D eigenvalue weighted by atomic mass is 10.1. The van der Waals surface area contributed by atoms with Crippen LogP contribution < -0.4 is 10.1 Å². The van der Waals surface area contributed by atoms with E-state index in [1.54, 1.807) is 6.92 Å². The van der Waals surface area contributed by atoms with Crippen LogP contribution in [0.4, 0.5) is 0 Å². The molecule has 0 amide bonds. The number of aliphatic hydroxyl groups is 1. The van der Waals surface area contributed by atoms with Gasteiger partial charge in [-0.3, -0.25) is 0 Å². The summed E-state index contributed by atoms with van der Waals surface area (Å²) in [6.45, 7) is 9.10. The maximum absolute atomic E-state index is 9.27. The molecule has 0 radical (unpaired) electrons. The molecule has 0 spiro atoms. The Bertz CT molecular complexity index is 348. The van der Waals surface area contributed by atoms with Crippen LogP contribution in [0.1, 0.15) is 31.9 Å². The number of ether oxygens (including phenoxy) is 1. The molecule has 17 heavy (non-hydrogen) atoms. The maximum Gasteiger partial charge on any atom is 0.126 e. The number of hydrogen-bond donors (Lipinski definition) is 2. The van der Waals surface area contributed by atoms with Crippen molar-refractivity contribution >= 4 is 0 Å². The Morgan fingerprint density at radius 3 is 2.59 bits per heavy atom. The first-order chi connectivity index (χ1) is 8.00. The quantitative estimate of drug-likeness (QED) is 0.797. The van der Waals surface area contributed by atoms with Crippen LogP contribution in [-0.2, 0) is 6.54 Å². The number of aliphatic hydroxyl groups excluding tert-OH is 1. The van der Waals surface area contributed by atoms with Crippen molar-refractivity contribution in [3.05, 3.63) is 29.3 Å². The third-order valence-corrected chi connectivity index (χ3v) is 2.46. The van der Waals surface area contributed by atoms with Crippen LogP contribution in [0.2, 0.25) is 0 Å². The molecule has 0 bridgehead atoms. The predicted molar refractivity (Wildman–Crippen MR) is 70.3 cm³/mol. The van der Waals surface area contributed by atoms with Crippen molar-refractivity contribution in [3.8, 4) is 5.75 Å². The number of aryl methyl sites for hydroxylation is 1. The van der Waals surface area contributed by atoms with Crippen LogP contribution in [0, 0.1) is 6.92 Å². The Labute approximate surface area is 104 Å². The van der Waals surface area contributed by atoms with E-state index in [1.165, 1.54) is 0 Å². The average molecular weight is 237 g/mol. The standard InChI is InChI=1S/C14H23NO2/c1-10(2)15-8-13-7-5-6-11(3)14(13)17-9-12(4)16/h5-7,10,12,15-16H,8-9H2,1-4H3. The monoisotopic (exact) mass is 237 g/mol. The van der Waals surface area contributed by atoms with Gasteiger partial charge in [-0.2, -0.15) is 0 Å². The average Bonchev–Trinajstić information content (AvgIpc) is 2.24. The van der Waals surface area contributed by atoms with Crippen LogP contribution in [-0.4, -0.2) is 23.9 Å². The molecule has 0 fully saturated rings. The van der Waals surface area contributed by atoms with Crippen LogP contribution in [0.25, 0.3) is 0 Å². The second-order valence-electron chi connectivity index (χ2n) is 4.76. The highest BCUT2D eigenvalue weighted by molar-refractivity contribution is 5.40. The minimum Gasteiger partial charge on any atom is -0.490 e. The molecule has 2 N–H and O–H groups in total. The molecular formula is C14H23NO2. The van der Waals surface area contributed by atoms with Crippen molar-refractivity contribution in [2.75, 3.05) is 6.61 Å². The lowest BCUT2D eigenvalue weighted by Gasteiger charge is -2.16. The van der Waals surface area contributed by atoms with Gasteiger partial charge in [0, 0.05) is 18.2 Å². The first-order valence-corrected chi connectivity index (χ1v) is 6.13. The largest absolute Gasteiger partial charge is 0.490 e. The Morgan fingerprint density at radius 2 is 2.00 bits per heavy atom. The number of nitrogens with one attached hydrogen (secondary N) is 1. The van der Waals surface area contributed by atoms with E-state index in [0.717, 1.165) is 23.4 Å². The van der Waals surface area contributed by atoms with Crippen LogP contribution in [0.3, 0.4) is 0 Å². The summed E-state index contributed by atoms with van der Waals surface area (Å²) in [5.74, 6) is 0.890. The van der Waals surface area contributed by atoms with Crippen LogP contribution >= 0.6 is 0 Å². The molecule has 0 saturated carbocycles. The summed E-state index contributed by atoms with van der Waals surface area (Å²) in [6, 6.07) is 6.55. The lowest BCUT2D eigenvalue weighted by molar-refractivity contribution is 0.121. The highest BCUT2D eigenvalue weighted by atomic mass is 16.5. The van der Waals surface area contributed by atoms with E-state index >= 15 is 0 Å². The third-order valence-electron chi connectivity index (χ3n) is 2.46. The summed E-state index contributed by atoms with van der Waals surface area (Å²) in [7, 11) is 0. The fraction of sp³-hybridized carbons (Fsp3) is 0.571. The van der Waals surface area contributed by atoms with E-state index in [2.05, 4.69) is 25.2 Å². The molecule has 0 aliphatic carbocycles. The van der Waals surface area contributed by atoms with Crippen molar-refractivity contribution in [1.29, 1.82) is 0 Å². The Balaban J connectivity index is 2.76. The minimum absolute atomic E-state index is 0.333. The van der Waals surface area contributed by atoms with Gasteiger partial charge < -0.3 is 15.2 Å². The molecule has 0 heterocycles. The fourth-order valence-electron chi connectivity index (χ4n) is 1.58. The summed E-state index contributed by atoms with van der Waals surface area (Å²) >= 11 is 0. The van der Waals surface area contributed by atoms with E-state index in [0.29, 0.717) is 12.6 Å². The van der Waals surface area contributed by atoms with Gasteiger partial charge in [0.2, 0.25) is 0 Å². The predicted octanol–water partition coefficient (Wildman–Crippen LogP) is 2.25. The molecule has 0 saturated heterocycles. The van der Waals surface area contributed by atoms with Gasteiger partial charge in [0.1, 0.15) is 12.4 Å². The van der Waals surface area contributed by atoms with Gasteiger partial charge in [0.25, 0.3) is 0 Å². The van der Waals surface area contributed by atoms with Crippen molar-refractivity contribution in [3.63, 3.8) is 0 Å². The molecule has 0 aromatic heterocycles. The zero-order chi connectivity index (χ0) is 12.8. The van der Waals surface area contributed by atoms with E-state index in [1.807, 2.05) is 19.1 Å². The summed E-state index contributed by atoms with van der Waals surface area (Å²) < 4.78 is 5.67. The van der Waals surface area contributed by atoms with Crippen LogP contribution in [0.5, 0.6) is 5.75 Å². The normalized spacial score (nSPS) is 12.8. The van der Waals surface area contributed by atoms with E-state index in [-0.39, 0.29) is 0 Å². The fourth-order valence-corrected chi connectivity index (χ4v) is 1.58. The number of rotatable bonds is 6. The smallest absolute Gasteiger partial charge is 0.126 e. The maximum atomic E-state index is 9.27. The molecule has 96 valence electrons. The number of para-hydroxylation sites is 1. The molecule has 3 heteroatoms. The third kappa shape index (κ3) is 4.75. The summed E-state index contributed by atoms with van der Waals surface area (Å²) in [4.78, 5) is 0. The van der Waals surface area contributed by atoms with E-state index in [4.69, 9.17) is 4.74 Å². The summed E-state index contributed by atoms with van der Waals surface area (Å²) in [5, 5.41) is 12.6. The van der Waals surface area contributed by atoms with Gasteiger partial charge in [-0.05, 0) is 19.4 Å². The zero-order valence-corrected chi connectivity index (χ0v) is 11.2. The van der Waals surface area contributed by atoms with Crippen LogP contribution in [0.15, 0.2) is 18.2 Å². The number of benzene rings is 1. The molecule has 1 atom stereocenters. The molecule has 1 aromatic rings. The second kappa shape index (κ2) is 6.62. The van der Waals surface area contributed by atoms with E-state index in [9.17, 15) is 5.11 Å². The SMILES string of the molecule is Cc1cccc(CNC(C)C)c1OCC(C)O. The lowest BCUT2D eigenvalue weighted by Crippen LogP contribution is -2.23. The van der Waals surface area contributed by atoms with Gasteiger partial charge >= 0.3 is 0 Å². The van der Waals surface area contributed by atoms with E-state index < -0.39 is 6.10 Å². The topological polar surface area (TPSA) is 41.5 Å². The zero-order valence-electron chi connectivity index (χ0n) is 11.2. The Hall–Kier alpha value is -1.06. The molecule has 1 unspecified atom stereocenters. The van der Waals surface area contributed by atoms with Crippen molar-refractivity contribution < 1.29 is 9.84 Å². The van der Waals surface area contributed by atoms with Crippen molar-refractivity contribution in [1.82, 2.24) is 5.32 Å². The first kappa shape index (κ1) is 14.0. The molecule has 1 aromatic carbocycles. The highest BCUT2D eigenvalue weighted by Crippen LogP contribution is 2.23. The summed E-state index contributed by atoms with van der Waals surface area (Å²) in [6.07, 6.45) is -0.444. The Kier molecular flexibility index (Phi) is 5.45. The van der Waals surface area contributed by atoms with Gasteiger partial charge in [-0.1, -0.05) is 32.0 Å². The van der Waals surface area contributed by atoms with Gasteiger partial charge in [0.15, 0.2) is 0 Å². The second-order valence-corrected chi connectivity index (χ2v) is 4.76. The molecular weight excluding hydrogens is 214 g/mol. The van der Waals surface area contributed by atoms with Crippen molar-refractivity contribution in [2.45, 2.75) is 46.4 Å². The Morgan fingerprint density at radius 1 is 1.29 bits per heavy atom. The first-order valence-electron chi connectivity index (χ1n) is 6.13. The highest BCUT2D eigenvalue weighted by Gasteiger charge is 2.08. The molecule has 0 aliphatic rings. The molecule has 3 nitrogen and oxygen atoms in total. The van der Waals surface area contributed by atoms with Crippen molar-refractivity contribution in [2.24, 2.45) is 0 Å².